The SMILES string of the molecule is CCC(C)C(C)(C(=O)OC1CC(C(O)(C(F)(F)F)C(F)(F)F)CC(C(O)(C(F)(F)F)C(F)(F)F)C1)C(F)(F)F. The molecule has 0 amide bonds. The van der Waals surface area contributed by atoms with Gasteiger partial charge in [-0.05, 0) is 32.1 Å². The second-order valence-corrected chi connectivity index (χ2v) is 9.66. The number of hydrogen-bond donors (Lipinski definition) is 2. The summed E-state index contributed by atoms with van der Waals surface area (Å²) in [4.78, 5) is 12.5. The summed E-state index contributed by atoms with van der Waals surface area (Å²) >= 11 is 0. The number of rotatable bonds is 6. The number of aliphatic hydroxyl groups is 2. The molecule has 0 spiro atoms. The standard InChI is InChI=1S/C20H23F15O4/c1-4-8(2)13(3,16(21,22)23)12(36)39-11-6-9(14(37,17(24,25)26)18(27,28)29)5-10(7-11)15(38,19(30,31)32)20(33,34)35/h8-11,37-38H,4-7H2,1-3H3. The van der Waals surface area contributed by atoms with Crippen molar-refractivity contribution in [1.29, 1.82) is 0 Å². The van der Waals surface area contributed by atoms with Gasteiger partial charge in [0.2, 0.25) is 0 Å². The Morgan fingerprint density at radius 1 is 0.692 bits per heavy atom. The molecule has 0 aromatic heterocycles. The van der Waals surface area contributed by atoms with E-state index >= 15 is 0 Å². The minimum atomic E-state index is -6.78. The quantitative estimate of drug-likeness (QED) is 0.261. The van der Waals surface area contributed by atoms with Crippen molar-refractivity contribution in [3.05, 3.63) is 0 Å². The molecule has 19 heteroatoms. The molecule has 0 bridgehead atoms. The Bertz CT molecular complexity index is 797. The first-order valence-corrected chi connectivity index (χ1v) is 10.9. The molecule has 0 aromatic rings. The van der Waals surface area contributed by atoms with Crippen LogP contribution >= 0.6 is 0 Å². The fourth-order valence-electron chi connectivity index (χ4n) is 4.57. The number of halogens is 15. The van der Waals surface area contributed by atoms with E-state index in [0.29, 0.717) is 0 Å². The van der Waals surface area contributed by atoms with Gasteiger partial charge in [-0.2, -0.15) is 65.9 Å². The summed E-state index contributed by atoms with van der Waals surface area (Å²) in [5.74, 6) is -11.4. The molecule has 2 N–H and O–H groups in total. The Morgan fingerprint density at radius 2 is 1.00 bits per heavy atom. The molecule has 0 aromatic carbocycles. The van der Waals surface area contributed by atoms with Crippen LogP contribution in [-0.2, 0) is 9.53 Å². The van der Waals surface area contributed by atoms with Crippen LogP contribution in [0.4, 0.5) is 65.9 Å². The lowest BCUT2D eigenvalue weighted by molar-refractivity contribution is -0.405. The maximum absolute atomic E-state index is 13.7. The van der Waals surface area contributed by atoms with Gasteiger partial charge in [-0.1, -0.05) is 20.3 Å². The molecule has 0 heterocycles. The van der Waals surface area contributed by atoms with Gasteiger partial charge >= 0.3 is 36.9 Å². The average molecular weight is 612 g/mol. The summed E-state index contributed by atoms with van der Waals surface area (Å²) in [6.07, 6.45) is -42.2. The zero-order valence-corrected chi connectivity index (χ0v) is 20.0. The maximum Gasteiger partial charge on any atom is 0.426 e. The van der Waals surface area contributed by atoms with Gasteiger partial charge in [-0.15, -0.1) is 0 Å². The van der Waals surface area contributed by atoms with E-state index in [0.717, 1.165) is 13.8 Å². The zero-order valence-electron chi connectivity index (χ0n) is 20.0. The van der Waals surface area contributed by atoms with Crippen LogP contribution in [0.5, 0.6) is 0 Å². The van der Waals surface area contributed by atoms with E-state index in [2.05, 4.69) is 4.74 Å². The van der Waals surface area contributed by atoms with Crippen LogP contribution in [0.3, 0.4) is 0 Å². The van der Waals surface area contributed by atoms with E-state index in [4.69, 9.17) is 0 Å². The van der Waals surface area contributed by atoms with Crippen LogP contribution in [-0.4, -0.2) is 64.4 Å². The third-order valence-electron chi connectivity index (χ3n) is 7.46. The Kier molecular flexibility index (Phi) is 9.35. The summed E-state index contributed by atoms with van der Waals surface area (Å²) in [5, 5.41) is 19.3. The van der Waals surface area contributed by atoms with Crippen LogP contribution in [0.2, 0.25) is 0 Å². The van der Waals surface area contributed by atoms with Crippen molar-refractivity contribution in [2.45, 2.75) is 94.6 Å². The average Bonchev–Trinajstić information content (AvgIpc) is 2.72. The first-order valence-electron chi connectivity index (χ1n) is 10.9. The number of esters is 1. The van der Waals surface area contributed by atoms with Crippen molar-refractivity contribution in [3.63, 3.8) is 0 Å². The van der Waals surface area contributed by atoms with Crippen LogP contribution in [0.15, 0.2) is 0 Å². The van der Waals surface area contributed by atoms with Gasteiger partial charge in [-0.3, -0.25) is 4.79 Å². The summed E-state index contributed by atoms with van der Waals surface area (Å²) in [5.41, 5.74) is -15.5. The van der Waals surface area contributed by atoms with Gasteiger partial charge in [-0.25, -0.2) is 0 Å². The van der Waals surface area contributed by atoms with E-state index in [1.165, 1.54) is 0 Å². The topological polar surface area (TPSA) is 66.8 Å². The van der Waals surface area contributed by atoms with E-state index in [-0.39, 0.29) is 6.92 Å². The van der Waals surface area contributed by atoms with E-state index in [1.54, 1.807) is 0 Å². The number of hydrogen-bond acceptors (Lipinski definition) is 4. The van der Waals surface area contributed by atoms with Crippen molar-refractivity contribution >= 4 is 5.97 Å². The van der Waals surface area contributed by atoms with E-state index in [1.807, 2.05) is 0 Å². The van der Waals surface area contributed by atoms with Crippen LogP contribution in [0, 0.1) is 23.2 Å². The lowest BCUT2D eigenvalue weighted by atomic mass is 9.65. The fraction of sp³-hybridized carbons (Fsp3) is 0.950. The van der Waals surface area contributed by atoms with Crippen molar-refractivity contribution < 1.29 is 85.6 Å². The molecule has 0 aliphatic heterocycles. The summed E-state index contributed by atoms with van der Waals surface area (Å²) < 4.78 is 207. The summed E-state index contributed by atoms with van der Waals surface area (Å²) in [6, 6.07) is 0. The van der Waals surface area contributed by atoms with Crippen LogP contribution in [0.25, 0.3) is 0 Å². The molecule has 4 atom stereocenters. The molecule has 1 rings (SSSR count). The van der Waals surface area contributed by atoms with Crippen molar-refractivity contribution in [3.8, 4) is 0 Å². The van der Waals surface area contributed by atoms with Gasteiger partial charge in [0.05, 0.1) is 0 Å². The van der Waals surface area contributed by atoms with Gasteiger partial charge in [0.25, 0.3) is 11.2 Å². The van der Waals surface area contributed by atoms with Gasteiger partial charge in [0.1, 0.15) is 6.10 Å². The Balaban J connectivity index is 3.81. The summed E-state index contributed by atoms with van der Waals surface area (Å²) in [7, 11) is 0. The highest BCUT2D eigenvalue weighted by molar-refractivity contribution is 5.78. The molecule has 0 radical (unpaired) electrons. The molecule has 232 valence electrons. The third kappa shape index (κ3) is 5.88. The molecule has 1 saturated carbocycles. The van der Waals surface area contributed by atoms with E-state index < -0.39 is 103 Å². The predicted octanol–water partition coefficient (Wildman–Crippen LogP) is 6.64. The van der Waals surface area contributed by atoms with Crippen LogP contribution < -0.4 is 0 Å². The summed E-state index contributed by atoms with van der Waals surface area (Å²) in [6.45, 7) is 2.18. The maximum atomic E-state index is 13.7. The third-order valence-corrected chi connectivity index (χ3v) is 7.46. The normalized spacial score (nSPS) is 25.2. The lowest BCUT2D eigenvalue weighted by Crippen LogP contribution is -2.67. The minimum absolute atomic E-state index is 0.213. The van der Waals surface area contributed by atoms with E-state index in [9.17, 15) is 80.9 Å². The largest absolute Gasteiger partial charge is 0.462 e. The highest BCUT2D eigenvalue weighted by atomic mass is 19.4. The monoisotopic (exact) mass is 612 g/mol. The number of alkyl halides is 15. The van der Waals surface area contributed by atoms with Crippen LogP contribution in [0.1, 0.15) is 46.5 Å². The molecule has 39 heavy (non-hydrogen) atoms. The predicted molar refractivity (Wildman–Crippen MR) is 98.4 cm³/mol. The second kappa shape index (κ2) is 10.3. The molecule has 0 saturated heterocycles. The first kappa shape index (κ1) is 35.4. The molecule has 1 aliphatic rings. The molecule has 4 nitrogen and oxygen atoms in total. The molecular formula is C20H23F15O4. The number of carbonyl (C=O) groups excluding carboxylic acids is 1. The minimum Gasteiger partial charge on any atom is -0.462 e. The van der Waals surface area contributed by atoms with Crippen molar-refractivity contribution in [1.82, 2.24) is 0 Å². The highest BCUT2D eigenvalue weighted by Crippen LogP contribution is 2.58. The lowest BCUT2D eigenvalue weighted by Gasteiger charge is -2.48. The Labute approximate surface area is 210 Å². The Hall–Kier alpha value is -1.66. The zero-order chi connectivity index (χ0) is 31.4. The van der Waals surface area contributed by atoms with Gasteiger partial charge in [0, 0.05) is 11.8 Å². The van der Waals surface area contributed by atoms with Crippen molar-refractivity contribution in [2.75, 3.05) is 0 Å². The Morgan fingerprint density at radius 3 is 1.23 bits per heavy atom. The van der Waals surface area contributed by atoms with Gasteiger partial charge in [0.15, 0.2) is 5.41 Å². The number of ether oxygens (including phenoxy) is 1. The first-order chi connectivity index (χ1) is 16.9. The molecule has 1 fully saturated rings. The molecule has 4 unspecified atom stereocenters. The van der Waals surface area contributed by atoms with Crippen molar-refractivity contribution in [2.24, 2.45) is 23.2 Å². The fourth-order valence-corrected chi connectivity index (χ4v) is 4.57. The molecule has 1 aliphatic carbocycles. The number of carbonyl (C=O) groups is 1. The smallest absolute Gasteiger partial charge is 0.426 e. The highest BCUT2D eigenvalue weighted by Gasteiger charge is 2.78. The second-order valence-electron chi connectivity index (χ2n) is 9.66. The molecular weight excluding hydrogens is 589 g/mol. The van der Waals surface area contributed by atoms with Gasteiger partial charge < -0.3 is 14.9 Å².